The molecule has 0 unspecified atom stereocenters. The standard InChI is InChI=1S/C11H22O2.C2H6O/c1-3-4-5-6-7-8-9-10-13-11(2)12;1-2-3/h3-10H2,1-2H3;3H,2H2,1H3. The first-order valence-electron chi connectivity index (χ1n) is 6.43. The summed E-state index contributed by atoms with van der Waals surface area (Å²) < 4.78 is 4.83. The van der Waals surface area contributed by atoms with E-state index in [1.54, 1.807) is 6.92 Å². The van der Waals surface area contributed by atoms with Gasteiger partial charge in [-0.05, 0) is 13.3 Å². The third-order valence-corrected chi connectivity index (χ3v) is 2.05. The molecular weight excluding hydrogens is 204 g/mol. The number of rotatable bonds is 8. The molecule has 1 N–H and O–H groups in total. The van der Waals surface area contributed by atoms with Crippen LogP contribution in [0, 0.1) is 0 Å². The fourth-order valence-corrected chi connectivity index (χ4v) is 1.28. The van der Waals surface area contributed by atoms with E-state index in [4.69, 9.17) is 9.84 Å². The Morgan fingerprint density at radius 1 is 1.00 bits per heavy atom. The molecular formula is C13H28O3. The van der Waals surface area contributed by atoms with Crippen LogP contribution < -0.4 is 0 Å². The molecule has 0 heterocycles. The molecule has 0 aromatic rings. The summed E-state index contributed by atoms with van der Waals surface area (Å²) in [6.07, 6.45) is 8.82. The van der Waals surface area contributed by atoms with Gasteiger partial charge in [-0.1, -0.05) is 45.4 Å². The van der Waals surface area contributed by atoms with E-state index in [9.17, 15) is 4.79 Å². The molecule has 0 aromatic carbocycles. The minimum Gasteiger partial charge on any atom is -0.466 e. The summed E-state index contributed by atoms with van der Waals surface area (Å²) in [5.74, 6) is -0.161. The number of ether oxygens (including phenoxy) is 1. The average Bonchev–Trinajstić information content (AvgIpc) is 2.23. The monoisotopic (exact) mass is 232 g/mol. The van der Waals surface area contributed by atoms with Gasteiger partial charge in [0.25, 0.3) is 0 Å². The van der Waals surface area contributed by atoms with E-state index < -0.39 is 0 Å². The Morgan fingerprint density at radius 2 is 1.44 bits per heavy atom. The second-order valence-electron chi connectivity index (χ2n) is 3.78. The largest absolute Gasteiger partial charge is 0.466 e. The lowest BCUT2D eigenvalue weighted by molar-refractivity contribution is -0.141. The summed E-state index contributed by atoms with van der Waals surface area (Å²) in [5.41, 5.74) is 0. The first-order valence-corrected chi connectivity index (χ1v) is 6.43. The Kier molecular flexibility index (Phi) is 18.8. The van der Waals surface area contributed by atoms with E-state index in [2.05, 4.69) is 6.92 Å². The van der Waals surface area contributed by atoms with Crippen LogP contribution in [0.1, 0.15) is 65.7 Å². The van der Waals surface area contributed by atoms with Crippen LogP contribution in [-0.2, 0) is 9.53 Å². The van der Waals surface area contributed by atoms with E-state index in [0.29, 0.717) is 6.61 Å². The number of hydrogen-bond donors (Lipinski definition) is 1. The summed E-state index contributed by atoms with van der Waals surface area (Å²) in [5, 5.41) is 7.57. The fourth-order valence-electron chi connectivity index (χ4n) is 1.28. The summed E-state index contributed by atoms with van der Waals surface area (Å²) in [4.78, 5) is 10.4. The van der Waals surface area contributed by atoms with Crippen LogP contribution in [0.2, 0.25) is 0 Å². The normalized spacial score (nSPS) is 9.25. The van der Waals surface area contributed by atoms with Crippen molar-refractivity contribution in [1.82, 2.24) is 0 Å². The zero-order chi connectivity index (χ0) is 12.6. The van der Waals surface area contributed by atoms with Gasteiger partial charge in [-0.2, -0.15) is 0 Å². The highest BCUT2D eigenvalue weighted by Crippen LogP contribution is 2.06. The minimum absolute atomic E-state index is 0.161. The quantitative estimate of drug-likeness (QED) is 0.516. The molecule has 0 saturated heterocycles. The Balaban J connectivity index is 0. The highest BCUT2D eigenvalue weighted by atomic mass is 16.5. The molecule has 98 valence electrons. The van der Waals surface area contributed by atoms with Crippen LogP contribution >= 0.6 is 0 Å². The molecule has 0 atom stereocenters. The van der Waals surface area contributed by atoms with Crippen LogP contribution in [0.5, 0.6) is 0 Å². The van der Waals surface area contributed by atoms with Crippen LogP contribution in [-0.4, -0.2) is 24.3 Å². The summed E-state index contributed by atoms with van der Waals surface area (Å²) in [6, 6.07) is 0. The maximum absolute atomic E-state index is 10.4. The van der Waals surface area contributed by atoms with Crippen molar-refractivity contribution in [3.8, 4) is 0 Å². The van der Waals surface area contributed by atoms with Crippen molar-refractivity contribution >= 4 is 5.97 Å². The Labute approximate surface area is 100 Å². The zero-order valence-electron chi connectivity index (χ0n) is 11.1. The molecule has 3 nitrogen and oxygen atoms in total. The molecule has 0 saturated carbocycles. The van der Waals surface area contributed by atoms with Gasteiger partial charge in [-0.3, -0.25) is 4.79 Å². The van der Waals surface area contributed by atoms with Crippen molar-refractivity contribution < 1.29 is 14.6 Å². The molecule has 0 radical (unpaired) electrons. The third kappa shape index (κ3) is 23.3. The molecule has 0 fully saturated rings. The number of carbonyl (C=O) groups excluding carboxylic acids is 1. The average molecular weight is 232 g/mol. The zero-order valence-corrected chi connectivity index (χ0v) is 11.1. The van der Waals surface area contributed by atoms with Crippen LogP contribution in [0.4, 0.5) is 0 Å². The topological polar surface area (TPSA) is 46.5 Å². The molecule has 0 aliphatic heterocycles. The van der Waals surface area contributed by atoms with Crippen molar-refractivity contribution in [2.45, 2.75) is 65.7 Å². The predicted octanol–water partition coefficient (Wildman–Crippen LogP) is 3.30. The van der Waals surface area contributed by atoms with Crippen LogP contribution in [0.3, 0.4) is 0 Å². The van der Waals surface area contributed by atoms with E-state index in [-0.39, 0.29) is 12.6 Å². The molecule has 0 spiro atoms. The highest BCUT2D eigenvalue weighted by molar-refractivity contribution is 5.65. The van der Waals surface area contributed by atoms with E-state index in [0.717, 1.165) is 6.42 Å². The first-order chi connectivity index (χ1) is 7.68. The Morgan fingerprint density at radius 3 is 1.88 bits per heavy atom. The number of carbonyl (C=O) groups is 1. The number of unbranched alkanes of at least 4 members (excludes halogenated alkanes) is 6. The minimum atomic E-state index is -0.161. The van der Waals surface area contributed by atoms with Gasteiger partial charge < -0.3 is 9.84 Å². The lowest BCUT2D eigenvalue weighted by atomic mass is 10.1. The maximum atomic E-state index is 10.4. The third-order valence-electron chi connectivity index (χ3n) is 2.05. The molecule has 0 aliphatic carbocycles. The van der Waals surface area contributed by atoms with Crippen LogP contribution in [0.25, 0.3) is 0 Å². The van der Waals surface area contributed by atoms with E-state index in [1.165, 1.54) is 45.4 Å². The van der Waals surface area contributed by atoms with Crippen molar-refractivity contribution in [1.29, 1.82) is 0 Å². The van der Waals surface area contributed by atoms with E-state index >= 15 is 0 Å². The van der Waals surface area contributed by atoms with Crippen molar-refractivity contribution in [2.24, 2.45) is 0 Å². The molecule has 0 amide bonds. The molecule has 16 heavy (non-hydrogen) atoms. The summed E-state index contributed by atoms with van der Waals surface area (Å²) >= 11 is 0. The van der Waals surface area contributed by atoms with Gasteiger partial charge in [0.15, 0.2) is 0 Å². The summed E-state index contributed by atoms with van der Waals surface area (Å²) in [7, 11) is 0. The SMILES string of the molecule is CCCCCCCCCOC(C)=O.CCO. The Bertz CT molecular complexity index is 135. The molecule has 0 aromatic heterocycles. The number of aliphatic hydroxyl groups is 1. The van der Waals surface area contributed by atoms with Crippen LogP contribution in [0.15, 0.2) is 0 Å². The second-order valence-corrected chi connectivity index (χ2v) is 3.78. The first kappa shape index (κ1) is 17.8. The van der Waals surface area contributed by atoms with Crippen molar-refractivity contribution in [2.75, 3.05) is 13.2 Å². The van der Waals surface area contributed by atoms with Gasteiger partial charge in [0.2, 0.25) is 0 Å². The maximum Gasteiger partial charge on any atom is 0.302 e. The van der Waals surface area contributed by atoms with Gasteiger partial charge in [-0.25, -0.2) is 0 Å². The molecule has 3 heteroatoms. The summed E-state index contributed by atoms with van der Waals surface area (Å²) in [6.45, 7) is 6.21. The van der Waals surface area contributed by atoms with Crippen molar-refractivity contribution in [3.05, 3.63) is 0 Å². The van der Waals surface area contributed by atoms with Gasteiger partial charge in [0.1, 0.15) is 0 Å². The van der Waals surface area contributed by atoms with Gasteiger partial charge >= 0.3 is 5.97 Å². The smallest absolute Gasteiger partial charge is 0.302 e. The number of hydrogen-bond acceptors (Lipinski definition) is 3. The predicted molar refractivity (Wildman–Crippen MR) is 67.4 cm³/mol. The lowest BCUT2D eigenvalue weighted by Gasteiger charge is -2.01. The van der Waals surface area contributed by atoms with Gasteiger partial charge in [-0.15, -0.1) is 0 Å². The van der Waals surface area contributed by atoms with Gasteiger partial charge in [0.05, 0.1) is 6.61 Å². The molecule has 0 rings (SSSR count). The Hall–Kier alpha value is -0.570. The molecule has 0 aliphatic rings. The van der Waals surface area contributed by atoms with E-state index in [1.807, 2.05) is 0 Å². The lowest BCUT2D eigenvalue weighted by Crippen LogP contribution is -1.99. The second kappa shape index (κ2) is 16.8. The molecule has 0 bridgehead atoms. The van der Waals surface area contributed by atoms with Crippen molar-refractivity contribution in [3.63, 3.8) is 0 Å². The fraction of sp³-hybridized carbons (Fsp3) is 0.923. The number of esters is 1. The van der Waals surface area contributed by atoms with Gasteiger partial charge in [0, 0.05) is 13.5 Å². The highest BCUT2D eigenvalue weighted by Gasteiger charge is 1.93. The number of aliphatic hydroxyl groups excluding tert-OH is 1.